The van der Waals surface area contributed by atoms with Crippen molar-refractivity contribution in [3.8, 4) is 5.75 Å². The molecule has 1 aliphatic heterocycles. The van der Waals surface area contributed by atoms with Gasteiger partial charge in [0.25, 0.3) is 0 Å². The van der Waals surface area contributed by atoms with E-state index < -0.39 is 5.60 Å². The number of phenols is 1. The van der Waals surface area contributed by atoms with Crippen LogP contribution in [0.1, 0.15) is 32.4 Å². The molecule has 0 aliphatic carbocycles. The average Bonchev–Trinajstić information content (AvgIpc) is 2.37. The summed E-state index contributed by atoms with van der Waals surface area (Å²) in [6.07, 6.45) is -0.561. The largest absolute Gasteiger partial charge is 0.508 e. The second kappa shape index (κ2) is 5.71. The van der Waals surface area contributed by atoms with Gasteiger partial charge < -0.3 is 19.5 Å². The van der Waals surface area contributed by atoms with Crippen molar-refractivity contribution in [1.29, 1.82) is 0 Å². The summed E-state index contributed by atoms with van der Waals surface area (Å²) in [4.78, 5) is 13.7. The van der Waals surface area contributed by atoms with Crippen molar-refractivity contribution in [3.05, 3.63) is 29.8 Å². The van der Waals surface area contributed by atoms with Crippen LogP contribution in [0.4, 0.5) is 4.79 Å². The van der Waals surface area contributed by atoms with Gasteiger partial charge in [0.1, 0.15) is 17.5 Å². The topological polar surface area (TPSA) is 59.0 Å². The summed E-state index contributed by atoms with van der Waals surface area (Å²) in [5, 5.41) is 9.51. The van der Waals surface area contributed by atoms with E-state index in [4.69, 9.17) is 9.47 Å². The van der Waals surface area contributed by atoms with Crippen LogP contribution in [-0.2, 0) is 9.47 Å². The van der Waals surface area contributed by atoms with Crippen molar-refractivity contribution in [2.45, 2.75) is 32.5 Å². The van der Waals surface area contributed by atoms with Gasteiger partial charge in [0, 0.05) is 6.54 Å². The van der Waals surface area contributed by atoms with E-state index in [1.165, 1.54) is 0 Å². The first-order valence-electron chi connectivity index (χ1n) is 6.73. The lowest BCUT2D eigenvalue weighted by molar-refractivity contribution is -0.0433. The summed E-state index contributed by atoms with van der Waals surface area (Å²) >= 11 is 0. The van der Waals surface area contributed by atoms with Crippen LogP contribution >= 0.6 is 0 Å². The fourth-order valence-electron chi connectivity index (χ4n) is 2.07. The first kappa shape index (κ1) is 14.7. The molecule has 0 bridgehead atoms. The van der Waals surface area contributed by atoms with Gasteiger partial charge in [0.2, 0.25) is 0 Å². The molecule has 0 radical (unpaired) electrons. The predicted octanol–water partition coefficient (Wildman–Crippen LogP) is 2.70. The third-order valence-corrected chi connectivity index (χ3v) is 2.96. The van der Waals surface area contributed by atoms with Crippen LogP contribution in [-0.4, -0.2) is 41.4 Å². The Hall–Kier alpha value is -1.75. The molecule has 20 heavy (non-hydrogen) atoms. The minimum absolute atomic E-state index is 0.195. The second-order valence-electron chi connectivity index (χ2n) is 5.88. The van der Waals surface area contributed by atoms with Gasteiger partial charge in [-0.25, -0.2) is 4.79 Å². The molecule has 1 unspecified atom stereocenters. The van der Waals surface area contributed by atoms with E-state index in [1.54, 1.807) is 23.1 Å². The van der Waals surface area contributed by atoms with Gasteiger partial charge in [-0.3, -0.25) is 0 Å². The molecular formula is C15H21NO4. The summed E-state index contributed by atoms with van der Waals surface area (Å²) in [5.41, 5.74) is 0.355. The Morgan fingerprint density at radius 2 is 2.20 bits per heavy atom. The van der Waals surface area contributed by atoms with Crippen LogP contribution in [0.3, 0.4) is 0 Å². The van der Waals surface area contributed by atoms with E-state index in [1.807, 2.05) is 26.8 Å². The number of carbonyl (C=O) groups is 1. The highest BCUT2D eigenvalue weighted by Gasteiger charge is 2.28. The first-order chi connectivity index (χ1) is 9.35. The SMILES string of the molecule is CC(C)(C)OC(=O)N1CCOC(c2cccc(O)c2)C1. The number of ether oxygens (including phenoxy) is 2. The third kappa shape index (κ3) is 3.87. The number of phenolic OH excluding ortho intramolecular Hbond substituents is 1. The van der Waals surface area contributed by atoms with E-state index in [9.17, 15) is 9.90 Å². The van der Waals surface area contributed by atoms with Crippen molar-refractivity contribution in [1.82, 2.24) is 4.90 Å². The molecule has 2 rings (SSSR count). The van der Waals surface area contributed by atoms with Gasteiger partial charge in [-0.2, -0.15) is 0 Å². The number of nitrogens with zero attached hydrogens (tertiary/aromatic N) is 1. The van der Waals surface area contributed by atoms with Crippen molar-refractivity contribution in [2.75, 3.05) is 19.7 Å². The van der Waals surface area contributed by atoms with Crippen LogP contribution in [0, 0.1) is 0 Å². The lowest BCUT2D eigenvalue weighted by Gasteiger charge is -2.34. The summed E-state index contributed by atoms with van der Waals surface area (Å²) in [5.74, 6) is 0.195. The van der Waals surface area contributed by atoms with Crippen LogP contribution in [0.25, 0.3) is 0 Å². The first-order valence-corrected chi connectivity index (χ1v) is 6.73. The molecule has 1 saturated heterocycles. The molecule has 0 saturated carbocycles. The molecule has 1 fully saturated rings. The Balaban J connectivity index is 2.03. The smallest absolute Gasteiger partial charge is 0.410 e. The van der Waals surface area contributed by atoms with Crippen LogP contribution in [0.5, 0.6) is 5.75 Å². The molecule has 0 aromatic heterocycles. The maximum Gasteiger partial charge on any atom is 0.410 e. The maximum absolute atomic E-state index is 12.1. The molecule has 5 heteroatoms. The van der Waals surface area contributed by atoms with Crippen LogP contribution < -0.4 is 0 Å². The Labute approximate surface area is 119 Å². The van der Waals surface area contributed by atoms with Gasteiger partial charge in [-0.1, -0.05) is 12.1 Å². The fourth-order valence-corrected chi connectivity index (χ4v) is 2.07. The summed E-state index contributed by atoms with van der Waals surface area (Å²) in [7, 11) is 0. The highest BCUT2D eigenvalue weighted by Crippen LogP contribution is 2.25. The molecule has 1 aromatic rings. The molecule has 1 N–H and O–H groups in total. The molecule has 1 amide bonds. The highest BCUT2D eigenvalue weighted by molar-refractivity contribution is 5.68. The predicted molar refractivity (Wildman–Crippen MR) is 74.6 cm³/mol. The number of hydrogen-bond donors (Lipinski definition) is 1. The maximum atomic E-state index is 12.1. The van der Waals surface area contributed by atoms with Gasteiger partial charge in [0.15, 0.2) is 0 Å². The summed E-state index contributed by atoms with van der Waals surface area (Å²) in [6.45, 7) is 6.94. The minimum Gasteiger partial charge on any atom is -0.508 e. The minimum atomic E-state index is -0.504. The molecular weight excluding hydrogens is 258 g/mol. The highest BCUT2D eigenvalue weighted by atomic mass is 16.6. The number of carbonyl (C=O) groups excluding carboxylic acids is 1. The second-order valence-corrected chi connectivity index (χ2v) is 5.88. The number of hydrogen-bond acceptors (Lipinski definition) is 4. The van der Waals surface area contributed by atoms with Gasteiger partial charge in [-0.05, 0) is 38.5 Å². The molecule has 110 valence electrons. The van der Waals surface area contributed by atoms with Crippen LogP contribution in [0.2, 0.25) is 0 Å². The Morgan fingerprint density at radius 3 is 2.85 bits per heavy atom. The van der Waals surface area contributed by atoms with Gasteiger partial charge in [-0.15, -0.1) is 0 Å². The van der Waals surface area contributed by atoms with Gasteiger partial charge >= 0.3 is 6.09 Å². The lowest BCUT2D eigenvalue weighted by atomic mass is 10.1. The lowest BCUT2D eigenvalue weighted by Crippen LogP contribution is -2.44. The zero-order chi connectivity index (χ0) is 14.8. The normalized spacial score (nSPS) is 19.8. The molecule has 1 atom stereocenters. The molecule has 1 aromatic carbocycles. The zero-order valence-electron chi connectivity index (χ0n) is 12.1. The molecule has 1 heterocycles. The van der Waals surface area contributed by atoms with Crippen LogP contribution in [0.15, 0.2) is 24.3 Å². The Morgan fingerprint density at radius 1 is 1.45 bits per heavy atom. The van der Waals surface area contributed by atoms with E-state index in [0.29, 0.717) is 19.7 Å². The van der Waals surface area contributed by atoms with Crippen molar-refractivity contribution < 1.29 is 19.4 Å². The summed E-state index contributed by atoms with van der Waals surface area (Å²) < 4.78 is 11.0. The molecule has 0 spiro atoms. The fraction of sp³-hybridized carbons (Fsp3) is 0.533. The van der Waals surface area contributed by atoms with E-state index in [2.05, 4.69) is 0 Å². The van der Waals surface area contributed by atoms with E-state index in [0.717, 1.165) is 5.56 Å². The Bertz CT molecular complexity index is 481. The number of morpholine rings is 1. The molecule has 1 aliphatic rings. The number of rotatable bonds is 1. The average molecular weight is 279 g/mol. The monoisotopic (exact) mass is 279 g/mol. The van der Waals surface area contributed by atoms with Crippen molar-refractivity contribution in [3.63, 3.8) is 0 Å². The standard InChI is InChI=1S/C15H21NO4/c1-15(2,3)20-14(18)16-7-8-19-13(10-16)11-5-4-6-12(17)9-11/h4-6,9,13,17H,7-8,10H2,1-3H3. The van der Waals surface area contributed by atoms with Crippen molar-refractivity contribution >= 4 is 6.09 Å². The van der Waals surface area contributed by atoms with Gasteiger partial charge in [0.05, 0.1) is 13.2 Å². The number of aromatic hydroxyl groups is 1. The number of benzene rings is 1. The van der Waals surface area contributed by atoms with E-state index >= 15 is 0 Å². The third-order valence-electron chi connectivity index (χ3n) is 2.96. The van der Waals surface area contributed by atoms with Crippen molar-refractivity contribution in [2.24, 2.45) is 0 Å². The summed E-state index contributed by atoms with van der Waals surface area (Å²) in [6, 6.07) is 6.91. The molecule has 5 nitrogen and oxygen atoms in total. The number of amides is 1. The van der Waals surface area contributed by atoms with E-state index in [-0.39, 0.29) is 17.9 Å². The Kier molecular flexibility index (Phi) is 4.18. The zero-order valence-corrected chi connectivity index (χ0v) is 12.1. The quantitative estimate of drug-likeness (QED) is 0.858.